The first kappa shape index (κ1) is 10.5. The molecule has 0 bridgehead atoms. The van der Waals surface area contributed by atoms with Crippen LogP contribution in [0.25, 0.3) is 0 Å². The van der Waals surface area contributed by atoms with Gasteiger partial charge in [-0.05, 0) is 28.1 Å². The van der Waals surface area contributed by atoms with E-state index in [9.17, 15) is 4.39 Å². The third-order valence-corrected chi connectivity index (χ3v) is 2.11. The Balaban J connectivity index is 2.59. The number of hydrogen-bond donors (Lipinski definition) is 1. The van der Waals surface area contributed by atoms with E-state index in [0.717, 1.165) is 0 Å². The largest absolute Gasteiger partial charge is 0.492 e. The van der Waals surface area contributed by atoms with Gasteiger partial charge in [0.2, 0.25) is 0 Å². The van der Waals surface area contributed by atoms with Crippen molar-refractivity contribution < 1.29 is 14.2 Å². The minimum absolute atomic E-state index is 0.0763. The van der Waals surface area contributed by atoms with Gasteiger partial charge in [0.25, 0.3) is 0 Å². The second-order valence-electron chi connectivity index (χ2n) is 2.50. The van der Waals surface area contributed by atoms with Crippen molar-refractivity contribution in [3.05, 3.63) is 28.5 Å². The molecule has 0 fully saturated rings. The first-order valence-electron chi connectivity index (χ1n) is 3.93. The van der Waals surface area contributed by atoms with E-state index >= 15 is 0 Å². The highest BCUT2D eigenvalue weighted by Crippen LogP contribution is 2.25. The number of hydrogen-bond acceptors (Lipinski definition) is 2. The van der Waals surface area contributed by atoms with Gasteiger partial charge in [0.1, 0.15) is 11.6 Å². The van der Waals surface area contributed by atoms with Crippen LogP contribution in [0.15, 0.2) is 22.7 Å². The highest BCUT2D eigenvalue weighted by molar-refractivity contribution is 9.10. The molecule has 0 aromatic heterocycles. The van der Waals surface area contributed by atoms with Crippen LogP contribution in [-0.4, -0.2) is 18.3 Å². The van der Waals surface area contributed by atoms with Crippen LogP contribution in [0.2, 0.25) is 0 Å². The molecular formula is C9H10BrFO2. The number of benzene rings is 1. The molecule has 13 heavy (non-hydrogen) atoms. The lowest BCUT2D eigenvalue weighted by molar-refractivity contribution is 0.232. The normalized spacial score (nSPS) is 10.1. The zero-order valence-corrected chi connectivity index (χ0v) is 8.55. The number of aliphatic hydroxyl groups is 1. The molecule has 0 atom stereocenters. The summed E-state index contributed by atoms with van der Waals surface area (Å²) in [4.78, 5) is 0. The van der Waals surface area contributed by atoms with E-state index in [1.165, 1.54) is 12.1 Å². The summed E-state index contributed by atoms with van der Waals surface area (Å²) < 4.78 is 18.6. The van der Waals surface area contributed by atoms with Gasteiger partial charge in [-0.3, -0.25) is 0 Å². The zero-order chi connectivity index (χ0) is 9.68. The van der Waals surface area contributed by atoms with Crippen LogP contribution < -0.4 is 4.74 Å². The maximum atomic E-state index is 12.7. The Bertz CT molecular complexity index is 278. The van der Waals surface area contributed by atoms with E-state index in [4.69, 9.17) is 9.84 Å². The van der Waals surface area contributed by atoms with E-state index in [0.29, 0.717) is 23.2 Å². The van der Waals surface area contributed by atoms with E-state index < -0.39 is 0 Å². The average molecular weight is 249 g/mol. The minimum Gasteiger partial charge on any atom is -0.492 e. The Morgan fingerprint density at radius 1 is 1.46 bits per heavy atom. The topological polar surface area (TPSA) is 29.5 Å². The maximum Gasteiger partial charge on any atom is 0.136 e. The predicted molar refractivity (Wildman–Crippen MR) is 51.3 cm³/mol. The van der Waals surface area contributed by atoms with E-state index in [1.54, 1.807) is 6.07 Å². The molecule has 0 unspecified atom stereocenters. The van der Waals surface area contributed by atoms with Gasteiger partial charge in [0.15, 0.2) is 0 Å². The molecule has 4 heteroatoms. The molecule has 2 nitrogen and oxygen atoms in total. The highest BCUT2D eigenvalue weighted by Gasteiger charge is 2.01. The molecule has 0 saturated carbocycles. The fraction of sp³-hybridized carbons (Fsp3) is 0.333. The smallest absolute Gasteiger partial charge is 0.136 e. The Morgan fingerprint density at radius 3 is 2.92 bits per heavy atom. The van der Waals surface area contributed by atoms with Crippen molar-refractivity contribution in [3.8, 4) is 5.75 Å². The summed E-state index contributed by atoms with van der Waals surface area (Å²) in [5.41, 5.74) is 0. The van der Waals surface area contributed by atoms with Gasteiger partial charge in [-0.2, -0.15) is 0 Å². The SMILES string of the molecule is OCCCOc1cc(F)ccc1Br. The van der Waals surface area contributed by atoms with Crippen molar-refractivity contribution in [2.24, 2.45) is 0 Å². The molecule has 0 aliphatic rings. The lowest BCUT2D eigenvalue weighted by Gasteiger charge is -2.06. The average Bonchev–Trinajstić information content (AvgIpc) is 2.11. The quantitative estimate of drug-likeness (QED) is 0.830. The van der Waals surface area contributed by atoms with Gasteiger partial charge >= 0.3 is 0 Å². The molecule has 1 rings (SSSR count). The molecule has 1 aromatic rings. The Labute approximate surface area is 84.5 Å². The molecule has 0 radical (unpaired) electrons. The fourth-order valence-electron chi connectivity index (χ4n) is 0.834. The highest BCUT2D eigenvalue weighted by atomic mass is 79.9. The number of ether oxygens (including phenoxy) is 1. The second-order valence-corrected chi connectivity index (χ2v) is 3.35. The zero-order valence-electron chi connectivity index (χ0n) is 6.96. The molecule has 72 valence electrons. The summed E-state index contributed by atoms with van der Waals surface area (Å²) in [7, 11) is 0. The van der Waals surface area contributed by atoms with E-state index in [2.05, 4.69) is 15.9 Å². The fourth-order valence-corrected chi connectivity index (χ4v) is 1.20. The van der Waals surface area contributed by atoms with Gasteiger partial charge in [0.05, 0.1) is 11.1 Å². The van der Waals surface area contributed by atoms with Gasteiger partial charge in [-0.1, -0.05) is 0 Å². The van der Waals surface area contributed by atoms with Crippen LogP contribution in [0.3, 0.4) is 0 Å². The first-order chi connectivity index (χ1) is 6.24. The Kier molecular flexibility index (Phi) is 4.18. The van der Waals surface area contributed by atoms with Crippen LogP contribution in [0, 0.1) is 5.82 Å². The van der Waals surface area contributed by atoms with Crippen molar-refractivity contribution in [1.29, 1.82) is 0 Å². The van der Waals surface area contributed by atoms with Crippen molar-refractivity contribution in [2.75, 3.05) is 13.2 Å². The summed E-state index contributed by atoms with van der Waals surface area (Å²) in [6.07, 6.45) is 0.545. The predicted octanol–water partition coefficient (Wildman–Crippen LogP) is 2.35. The Hall–Kier alpha value is -0.610. The van der Waals surface area contributed by atoms with Crippen molar-refractivity contribution in [1.82, 2.24) is 0 Å². The van der Waals surface area contributed by atoms with Crippen LogP contribution in [0.5, 0.6) is 5.75 Å². The number of aliphatic hydroxyl groups excluding tert-OH is 1. The second kappa shape index (κ2) is 5.19. The molecule has 0 spiro atoms. The van der Waals surface area contributed by atoms with Gasteiger partial charge in [0, 0.05) is 19.1 Å². The lowest BCUT2D eigenvalue weighted by Crippen LogP contribution is -2.00. The van der Waals surface area contributed by atoms with Crippen molar-refractivity contribution >= 4 is 15.9 Å². The number of halogens is 2. The Morgan fingerprint density at radius 2 is 2.23 bits per heavy atom. The summed E-state index contributed by atoms with van der Waals surface area (Å²) in [6, 6.07) is 4.24. The standard InChI is InChI=1S/C9H10BrFO2/c10-8-3-2-7(11)6-9(8)13-5-1-4-12/h2-3,6,12H,1,4-5H2. The molecule has 0 aliphatic carbocycles. The van der Waals surface area contributed by atoms with Gasteiger partial charge in [-0.25, -0.2) is 4.39 Å². The van der Waals surface area contributed by atoms with Crippen LogP contribution in [-0.2, 0) is 0 Å². The third kappa shape index (κ3) is 3.32. The molecule has 0 heterocycles. The van der Waals surface area contributed by atoms with Gasteiger partial charge < -0.3 is 9.84 Å². The lowest BCUT2D eigenvalue weighted by atomic mass is 10.3. The summed E-state index contributed by atoms with van der Waals surface area (Å²) >= 11 is 3.23. The van der Waals surface area contributed by atoms with Crippen molar-refractivity contribution in [3.63, 3.8) is 0 Å². The minimum atomic E-state index is -0.331. The molecule has 0 amide bonds. The third-order valence-electron chi connectivity index (χ3n) is 1.45. The van der Waals surface area contributed by atoms with Crippen LogP contribution >= 0.6 is 15.9 Å². The maximum absolute atomic E-state index is 12.7. The summed E-state index contributed by atoms with van der Waals surface area (Å²) in [6.45, 7) is 0.464. The molecule has 0 aliphatic heterocycles. The number of rotatable bonds is 4. The first-order valence-corrected chi connectivity index (χ1v) is 4.72. The molecule has 1 N–H and O–H groups in total. The summed E-state index contributed by atoms with van der Waals surface area (Å²) in [5.74, 6) is 0.135. The van der Waals surface area contributed by atoms with Gasteiger partial charge in [-0.15, -0.1) is 0 Å². The van der Waals surface area contributed by atoms with Crippen LogP contribution in [0.4, 0.5) is 4.39 Å². The summed E-state index contributed by atoms with van der Waals surface area (Å²) in [5, 5.41) is 8.50. The monoisotopic (exact) mass is 248 g/mol. The van der Waals surface area contributed by atoms with Crippen LogP contribution in [0.1, 0.15) is 6.42 Å². The molecule has 1 aromatic carbocycles. The molecular weight excluding hydrogens is 239 g/mol. The van der Waals surface area contributed by atoms with Crippen molar-refractivity contribution in [2.45, 2.75) is 6.42 Å². The molecule has 0 saturated heterocycles. The van der Waals surface area contributed by atoms with E-state index in [-0.39, 0.29) is 12.4 Å². The van der Waals surface area contributed by atoms with E-state index in [1.807, 2.05) is 0 Å².